The smallest absolute Gasteiger partial charge is 0.171 e. The Hall–Kier alpha value is -0.980. The molecule has 0 amide bonds. The lowest BCUT2D eigenvalue weighted by molar-refractivity contribution is 0.837. The number of rotatable bonds is 1. The van der Waals surface area contributed by atoms with Crippen molar-refractivity contribution < 1.29 is 0 Å². The molecule has 0 atom stereocenters. The Labute approximate surface area is 82.8 Å². The molecule has 0 fully saturated rings. The van der Waals surface area contributed by atoms with E-state index in [0.717, 1.165) is 9.39 Å². The maximum Gasteiger partial charge on any atom is 0.171 e. The molecule has 0 aliphatic carbocycles. The van der Waals surface area contributed by atoms with Crippen LogP contribution in [0.3, 0.4) is 0 Å². The Balaban J connectivity index is 2.45. The van der Waals surface area contributed by atoms with Gasteiger partial charge in [0, 0.05) is 18.6 Å². The summed E-state index contributed by atoms with van der Waals surface area (Å²) >= 11 is 2.20. The van der Waals surface area contributed by atoms with Crippen molar-refractivity contribution >= 4 is 22.6 Å². The van der Waals surface area contributed by atoms with Gasteiger partial charge in [0.15, 0.2) is 5.82 Å². The first-order valence-corrected chi connectivity index (χ1v) is 4.41. The van der Waals surface area contributed by atoms with Crippen LogP contribution in [0.5, 0.6) is 0 Å². The van der Waals surface area contributed by atoms with Crippen molar-refractivity contribution in [2.75, 3.05) is 0 Å². The van der Waals surface area contributed by atoms with E-state index in [4.69, 9.17) is 0 Å². The fourth-order valence-corrected chi connectivity index (χ4v) is 1.22. The van der Waals surface area contributed by atoms with E-state index >= 15 is 0 Å². The van der Waals surface area contributed by atoms with Gasteiger partial charge in [-0.2, -0.15) is 5.10 Å². The van der Waals surface area contributed by atoms with Crippen LogP contribution in [0.25, 0.3) is 5.82 Å². The second-order valence-electron chi connectivity index (χ2n) is 2.17. The highest BCUT2D eigenvalue weighted by molar-refractivity contribution is 14.1. The van der Waals surface area contributed by atoms with E-state index in [1.807, 2.05) is 6.20 Å². The van der Waals surface area contributed by atoms with Gasteiger partial charge < -0.3 is 0 Å². The summed E-state index contributed by atoms with van der Waals surface area (Å²) in [5.74, 6) is 0.736. The first-order valence-electron chi connectivity index (χ1n) is 3.33. The molecule has 0 N–H and O–H groups in total. The van der Waals surface area contributed by atoms with Crippen LogP contribution >= 0.6 is 22.6 Å². The van der Waals surface area contributed by atoms with Gasteiger partial charge in [-0.1, -0.05) is 0 Å². The average molecular weight is 272 g/mol. The molecule has 4 nitrogen and oxygen atoms in total. The van der Waals surface area contributed by atoms with Crippen molar-refractivity contribution in [1.82, 2.24) is 19.7 Å². The quantitative estimate of drug-likeness (QED) is 0.734. The molecule has 0 unspecified atom stereocenters. The molecular weight excluding hydrogens is 267 g/mol. The zero-order chi connectivity index (χ0) is 8.39. The van der Waals surface area contributed by atoms with Crippen LogP contribution < -0.4 is 0 Å². The third-order valence-electron chi connectivity index (χ3n) is 1.34. The van der Waals surface area contributed by atoms with Crippen LogP contribution in [0, 0.1) is 3.57 Å². The molecule has 2 rings (SSSR count). The lowest BCUT2D eigenvalue weighted by atomic mass is 10.6. The van der Waals surface area contributed by atoms with Crippen LogP contribution in [0.1, 0.15) is 0 Å². The number of halogens is 1. The maximum absolute atomic E-state index is 4.10. The van der Waals surface area contributed by atoms with Crippen molar-refractivity contribution in [3.63, 3.8) is 0 Å². The van der Waals surface area contributed by atoms with Gasteiger partial charge >= 0.3 is 0 Å². The second kappa shape index (κ2) is 3.18. The van der Waals surface area contributed by atoms with Gasteiger partial charge in [-0.25, -0.2) is 9.67 Å². The van der Waals surface area contributed by atoms with Crippen LogP contribution in [-0.4, -0.2) is 19.7 Å². The minimum atomic E-state index is 0.736. The summed E-state index contributed by atoms with van der Waals surface area (Å²) in [6, 6.07) is 0. The van der Waals surface area contributed by atoms with Crippen LogP contribution in [0.2, 0.25) is 0 Å². The molecule has 0 bridgehead atoms. The van der Waals surface area contributed by atoms with E-state index in [-0.39, 0.29) is 0 Å². The SMILES string of the molecule is Ic1cnn(-c2cnccn2)c1. The Morgan fingerprint density at radius 1 is 1.25 bits per heavy atom. The van der Waals surface area contributed by atoms with Crippen molar-refractivity contribution in [2.24, 2.45) is 0 Å². The summed E-state index contributed by atoms with van der Waals surface area (Å²) in [5, 5.41) is 4.09. The zero-order valence-corrected chi connectivity index (χ0v) is 8.21. The Kier molecular flexibility index (Phi) is 2.03. The summed E-state index contributed by atoms with van der Waals surface area (Å²) < 4.78 is 2.77. The highest BCUT2D eigenvalue weighted by Gasteiger charge is 1.97. The first kappa shape index (κ1) is 7.66. The normalized spacial score (nSPS) is 10.1. The number of hydrogen-bond acceptors (Lipinski definition) is 3. The van der Waals surface area contributed by atoms with Gasteiger partial charge in [0.2, 0.25) is 0 Å². The summed E-state index contributed by atoms with van der Waals surface area (Å²) in [7, 11) is 0. The summed E-state index contributed by atoms with van der Waals surface area (Å²) in [4.78, 5) is 8.04. The zero-order valence-electron chi connectivity index (χ0n) is 6.05. The van der Waals surface area contributed by atoms with E-state index in [1.54, 1.807) is 29.5 Å². The molecule has 12 heavy (non-hydrogen) atoms. The fourth-order valence-electron chi connectivity index (χ4n) is 0.836. The Bertz CT molecular complexity index is 370. The Morgan fingerprint density at radius 3 is 2.75 bits per heavy atom. The number of nitrogens with zero attached hydrogens (tertiary/aromatic N) is 4. The third kappa shape index (κ3) is 1.45. The fraction of sp³-hybridized carbons (Fsp3) is 0. The Morgan fingerprint density at radius 2 is 2.17 bits per heavy atom. The molecule has 2 aromatic heterocycles. The standard InChI is InChI=1S/C7H5IN4/c8-6-3-11-12(5-6)7-4-9-1-2-10-7/h1-5H. The predicted octanol–water partition coefficient (Wildman–Crippen LogP) is 1.27. The minimum Gasteiger partial charge on any atom is -0.259 e. The largest absolute Gasteiger partial charge is 0.259 e. The number of aromatic nitrogens is 4. The minimum absolute atomic E-state index is 0.736. The lowest BCUT2D eigenvalue weighted by Crippen LogP contribution is -1.97. The molecule has 0 aromatic carbocycles. The molecule has 0 aliphatic heterocycles. The van der Waals surface area contributed by atoms with E-state index in [9.17, 15) is 0 Å². The van der Waals surface area contributed by atoms with Gasteiger partial charge in [-0.3, -0.25) is 4.98 Å². The molecule has 2 heterocycles. The topological polar surface area (TPSA) is 43.6 Å². The molecule has 0 radical (unpaired) electrons. The van der Waals surface area contributed by atoms with E-state index in [1.165, 1.54) is 0 Å². The van der Waals surface area contributed by atoms with Crippen LogP contribution in [-0.2, 0) is 0 Å². The first-order chi connectivity index (χ1) is 5.86. The van der Waals surface area contributed by atoms with E-state index in [2.05, 4.69) is 37.7 Å². The van der Waals surface area contributed by atoms with Gasteiger partial charge in [-0.15, -0.1) is 0 Å². The third-order valence-corrected chi connectivity index (χ3v) is 1.89. The van der Waals surface area contributed by atoms with Crippen molar-refractivity contribution in [3.8, 4) is 5.82 Å². The van der Waals surface area contributed by atoms with Gasteiger partial charge in [-0.05, 0) is 22.6 Å². The monoisotopic (exact) mass is 272 g/mol. The summed E-state index contributed by atoms with van der Waals surface area (Å²) in [5.41, 5.74) is 0. The summed E-state index contributed by atoms with van der Waals surface area (Å²) in [6.07, 6.45) is 8.62. The van der Waals surface area contributed by atoms with Crippen molar-refractivity contribution in [2.45, 2.75) is 0 Å². The molecule has 0 spiro atoms. The van der Waals surface area contributed by atoms with Gasteiger partial charge in [0.05, 0.1) is 16.0 Å². The van der Waals surface area contributed by atoms with Crippen LogP contribution in [0.4, 0.5) is 0 Å². The van der Waals surface area contributed by atoms with Crippen LogP contribution in [0.15, 0.2) is 31.0 Å². The van der Waals surface area contributed by atoms with Crippen molar-refractivity contribution in [1.29, 1.82) is 0 Å². The molecule has 0 saturated carbocycles. The highest BCUT2D eigenvalue weighted by atomic mass is 127. The van der Waals surface area contributed by atoms with E-state index in [0.29, 0.717) is 0 Å². The molecule has 60 valence electrons. The molecule has 5 heteroatoms. The van der Waals surface area contributed by atoms with E-state index < -0.39 is 0 Å². The number of hydrogen-bond donors (Lipinski definition) is 0. The summed E-state index contributed by atoms with van der Waals surface area (Å²) in [6.45, 7) is 0. The van der Waals surface area contributed by atoms with Gasteiger partial charge in [0.1, 0.15) is 0 Å². The average Bonchev–Trinajstić information content (AvgIpc) is 2.54. The second-order valence-corrected chi connectivity index (χ2v) is 3.41. The highest BCUT2D eigenvalue weighted by Crippen LogP contribution is 2.05. The lowest BCUT2D eigenvalue weighted by Gasteiger charge is -1.95. The molecule has 0 saturated heterocycles. The molecule has 2 aromatic rings. The molecule has 0 aliphatic rings. The predicted molar refractivity (Wildman–Crippen MR) is 51.9 cm³/mol. The van der Waals surface area contributed by atoms with Gasteiger partial charge in [0.25, 0.3) is 0 Å². The maximum atomic E-state index is 4.10. The van der Waals surface area contributed by atoms with Crippen molar-refractivity contribution in [3.05, 3.63) is 34.6 Å². The molecular formula is C7H5IN4.